The smallest absolute Gasteiger partial charge is 0.280 e. The van der Waals surface area contributed by atoms with Gasteiger partial charge < -0.3 is 5.21 Å². The Morgan fingerprint density at radius 3 is 2.27 bits per heavy atom. The summed E-state index contributed by atoms with van der Waals surface area (Å²) in [5, 5.41) is 10.9. The molecule has 0 heterocycles. The molecule has 0 atom stereocenters. The summed E-state index contributed by atoms with van der Waals surface area (Å²) in [6.07, 6.45) is 0.823. The van der Waals surface area contributed by atoms with Gasteiger partial charge >= 0.3 is 0 Å². The van der Waals surface area contributed by atoms with Crippen LogP contribution in [0.3, 0.4) is 0 Å². The number of hydrogen-bond donors (Lipinski definition) is 1. The highest BCUT2D eigenvalue weighted by atomic mass is 19.3. The Labute approximate surface area is 63.9 Å². The molecular weight excluding hydrogens is 152 g/mol. The lowest BCUT2D eigenvalue weighted by atomic mass is 10.0. The van der Waals surface area contributed by atoms with Gasteiger partial charge in [0.1, 0.15) is 5.71 Å². The molecular formula is C7H11F2NO. The molecule has 1 aliphatic rings. The molecule has 0 aromatic rings. The molecule has 4 heteroatoms. The van der Waals surface area contributed by atoms with Crippen molar-refractivity contribution in [3.63, 3.8) is 0 Å². The van der Waals surface area contributed by atoms with Crippen LogP contribution in [0.25, 0.3) is 0 Å². The molecule has 0 aromatic heterocycles. The van der Waals surface area contributed by atoms with Gasteiger partial charge in [0.25, 0.3) is 6.43 Å². The predicted octanol–water partition coefficient (Wildman–Crippen LogP) is 2.27. The second-order valence-corrected chi connectivity index (χ2v) is 2.81. The van der Waals surface area contributed by atoms with Crippen LogP contribution >= 0.6 is 0 Å². The summed E-state index contributed by atoms with van der Waals surface area (Å²) in [7, 11) is 0. The van der Waals surface area contributed by atoms with Gasteiger partial charge in [-0.15, -0.1) is 0 Å². The molecule has 1 rings (SSSR count). The molecule has 0 spiro atoms. The molecule has 0 unspecified atom stereocenters. The fourth-order valence-electron chi connectivity index (χ4n) is 1.53. The number of alkyl halides is 2. The monoisotopic (exact) mass is 163 g/mol. The second-order valence-electron chi connectivity index (χ2n) is 2.81. The molecule has 11 heavy (non-hydrogen) atoms. The van der Waals surface area contributed by atoms with Gasteiger partial charge in [-0.05, 0) is 12.8 Å². The summed E-state index contributed by atoms with van der Waals surface area (Å²) in [5.41, 5.74) is -0.331. The third-order valence-corrected chi connectivity index (χ3v) is 2.11. The van der Waals surface area contributed by atoms with Crippen molar-refractivity contribution in [2.24, 2.45) is 11.1 Å². The van der Waals surface area contributed by atoms with Crippen LogP contribution in [-0.2, 0) is 0 Å². The highest BCUT2D eigenvalue weighted by Crippen LogP contribution is 2.27. The van der Waals surface area contributed by atoms with Crippen molar-refractivity contribution in [1.29, 1.82) is 0 Å². The molecule has 1 aliphatic carbocycles. The fourth-order valence-corrected chi connectivity index (χ4v) is 1.53. The van der Waals surface area contributed by atoms with E-state index in [4.69, 9.17) is 5.21 Å². The van der Waals surface area contributed by atoms with E-state index in [1.165, 1.54) is 0 Å². The van der Waals surface area contributed by atoms with E-state index in [1.54, 1.807) is 0 Å². The molecule has 0 aromatic carbocycles. The van der Waals surface area contributed by atoms with E-state index in [0.717, 1.165) is 25.7 Å². The Bertz CT molecular complexity index is 153. The molecule has 0 saturated heterocycles. The molecule has 1 saturated carbocycles. The van der Waals surface area contributed by atoms with Crippen LogP contribution in [0.15, 0.2) is 5.16 Å². The molecule has 1 fully saturated rings. The Kier molecular flexibility index (Phi) is 2.79. The molecule has 0 aliphatic heterocycles. The van der Waals surface area contributed by atoms with Crippen LogP contribution in [0.2, 0.25) is 0 Å². The van der Waals surface area contributed by atoms with Crippen LogP contribution in [0.1, 0.15) is 25.7 Å². The molecule has 1 N–H and O–H groups in total. The standard InChI is InChI=1S/C7H11F2NO/c8-7(9)6(10-11)5-3-1-2-4-5/h5,7,11H,1-4H2/b10-6-. The molecule has 0 bridgehead atoms. The van der Waals surface area contributed by atoms with Crippen molar-refractivity contribution >= 4 is 5.71 Å². The predicted molar refractivity (Wildman–Crippen MR) is 37.2 cm³/mol. The summed E-state index contributed by atoms with van der Waals surface area (Å²) in [5.74, 6) is -0.181. The van der Waals surface area contributed by atoms with Gasteiger partial charge in [0, 0.05) is 5.92 Å². The highest BCUT2D eigenvalue weighted by molar-refractivity contribution is 5.89. The molecule has 0 amide bonds. The quantitative estimate of drug-likeness (QED) is 0.378. The largest absolute Gasteiger partial charge is 0.411 e. The summed E-state index contributed by atoms with van der Waals surface area (Å²) < 4.78 is 24.1. The third-order valence-electron chi connectivity index (χ3n) is 2.11. The minimum absolute atomic E-state index is 0.181. The van der Waals surface area contributed by atoms with Gasteiger partial charge in [0.2, 0.25) is 0 Å². The zero-order chi connectivity index (χ0) is 8.27. The minimum Gasteiger partial charge on any atom is -0.411 e. The maximum atomic E-state index is 12.1. The number of oxime groups is 1. The van der Waals surface area contributed by atoms with Crippen LogP contribution in [0.4, 0.5) is 8.78 Å². The first kappa shape index (κ1) is 8.43. The lowest BCUT2D eigenvalue weighted by molar-refractivity contribution is 0.205. The average molecular weight is 163 g/mol. The lowest BCUT2D eigenvalue weighted by Gasteiger charge is -2.08. The van der Waals surface area contributed by atoms with E-state index >= 15 is 0 Å². The van der Waals surface area contributed by atoms with E-state index in [1.807, 2.05) is 0 Å². The van der Waals surface area contributed by atoms with Crippen LogP contribution < -0.4 is 0 Å². The summed E-state index contributed by atoms with van der Waals surface area (Å²) in [6.45, 7) is 0. The first-order valence-electron chi connectivity index (χ1n) is 3.75. The maximum Gasteiger partial charge on any atom is 0.280 e. The normalized spacial score (nSPS) is 21.5. The Morgan fingerprint density at radius 2 is 1.91 bits per heavy atom. The van der Waals surface area contributed by atoms with E-state index in [9.17, 15) is 8.78 Å². The van der Waals surface area contributed by atoms with Gasteiger partial charge in [0.05, 0.1) is 0 Å². The maximum absolute atomic E-state index is 12.1. The molecule has 0 radical (unpaired) electrons. The Hall–Kier alpha value is -0.670. The molecule has 64 valence electrons. The minimum atomic E-state index is -2.59. The van der Waals surface area contributed by atoms with E-state index < -0.39 is 6.43 Å². The van der Waals surface area contributed by atoms with Crippen molar-refractivity contribution in [3.8, 4) is 0 Å². The topological polar surface area (TPSA) is 32.6 Å². The SMILES string of the molecule is O/N=C(\C(F)F)C1CCCC1. The van der Waals surface area contributed by atoms with Crippen molar-refractivity contribution in [2.75, 3.05) is 0 Å². The summed E-state index contributed by atoms with van der Waals surface area (Å²) >= 11 is 0. The average Bonchev–Trinajstić information content (AvgIpc) is 2.40. The van der Waals surface area contributed by atoms with E-state index in [-0.39, 0.29) is 11.6 Å². The van der Waals surface area contributed by atoms with Gasteiger partial charge in [-0.2, -0.15) is 0 Å². The zero-order valence-electron chi connectivity index (χ0n) is 6.13. The number of rotatable bonds is 2. The number of halogens is 2. The van der Waals surface area contributed by atoms with Crippen molar-refractivity contribution < 1.29 is 14.0 Å². The summed E-state index contributed by atoms with van der Waals surface area (Å²) in [4.78, 5) is 0. The number of nitrogens with zero attached hydrogens (tertiary/aromatic N) is 1. The third kappa shape index (κ3) is 1.88. The van der Waals surface area contributed by atoms with Crippen molar-refractivity contribution in [3.05, 3.63) is 0 Å². The first-order valence-corrected chi connectivity index (χ1v) is 3.75. The van der Waals surface area contributed by atoms with E-state index in [2.05, 4.69) is 5.16 Å². The second kappa shape index (κ2) is 3.64. The van der Waals surface area contributed by atoms with Crippen LogP contribution in [-0.4, -0.2) is 17.3 Å². The highest BCUT2D eigenvalue weighted by Gasteiger charge is 2.27. The van der Waals surface area contributed by atoms with Gasteiger partial charge in [0.15, 0.2) is 0 Å². The van der Waals surface area contributed by atoms with E-state index in [0.29, 0.717) is 0 Å². The van der Waals surface area contributed by atoms with Gasteiger partial charge in [-0.1, -0.05) is 18.0 Å². The summed E-state index contributed by atoms with van der Waals surface area (Å²) in [6, 6.07) is 0. The number of hydrogen-bond acceptors (Lipinski definition) is 2. The lowest BCUT2D eigenvalue weighted by Crippen LogP contribution is -2.19. The van der Waals surface area contributed by atoms with Crippen LogP contribution in [0.5, 0.6) is 0 Å². The zero-order valence-corrected chi connectivity index (χ0v) is 6.13. The Morgan fingerprint density at radius 1 is 1.36 bits per heavy atom. The van der Waals surface area contributed by atoms with Crippen molar-refractivity contribution in [2.45, 2.75) is 32.1 Å². The van der Waals surface area contributed by atoms with Gasteiger partial charge in [-0.25, -0.2) is 8.78 Å². The Balaban J connectivity index is 2.54. The molecule has 2 nitrogen and oxygen atoms in total. The van der Waals surface area contributed by atoms with Crippen LogP contribution in [0, 0.1) is 5.92 Å². The van der Waals surface area contributed by atoms with Crippen molar-refractivity contribution in [1.82, 2.24) is 0 Å². The first-order chi connectivity index (χ1) is 5.25. The van der Waals surface area contributed by atoms with Gasteiger partial charge in [-0.3, -0.25) is 0 Å². The fraction of sp³-hybridized carbons (Fsp3) is 0.857.